The van der Waals surface area contributed by atoms with Gasteiger partial charge in [-0.05, 0) is 30.5 Å². The van der Waals surface area contributed by atoms with Gasteiger partial charge in [-0.25, -0.2) is 4.79 Å². The molecule has 8 heteroatoms. The molecule has 0 spiro atoms. The second kappa shape index (κ2) is 9.94. The van der Waals surface area contributed by atoms with Crippen molar-refractivity contribution >= 4 is 28.6 Å². The van der Waals surface area contributed by atoms with Crippen molar-refractivity contribution in [1.82, 2.24) is 10.2 Å². The second-order valence-electron chi connectivity index (χ2n) is 9.79. The van der Waals surface area contributed by atoms with E-state index >= 15 is 0 Å². The quantitative estimate of drug-likeness (QED) is 0.385. The molecule has 2 fully saturated rings. The highest BCUT2D eigenvalue weighted by Crippen LogP contribution is 2.44. The van der Waals surface area contributed by atoms with E-state index in [1.165, 1.54) is 4.90 Å². The number of fused-ring (bicyclic) bond motifs is 1. The van der Waals surface area contributed by atoms with Crippen molar-refractivity contribution < 1.29 is 23.3 Å². The highest BCUT2D eigenvalue weighted by Gasteiger charge is 2.68. The highest BCUT2D eigenvalue weighted by molar-refractivity contribution is 7.87. The molecule has 0 saturated carbocycles. The van der Waals surface area contributed by atoms with Crippen molar-refractivity contribution in [1.29, 1.82) is 0 Å². The summed E-state index contributed by atoms with van der Waals surface area (Å²) in [5.41, 5.74) is 2.39. The molecular weight excluding hydrogens is 488 g/mol. The van der Waals surface area contributed by atoms with Gasteiger partial charge in [0.25, 0.3) is 0 Å². The summed E-state index contributed by atoms with van der Waals surface area (Å²) in [7, 11) is -1.60. The molecule has 5 rings (SSSR count). The van der Waals surface area contributed by atoms with Crippen LogP contribution in [0.5, 0.6) is 0 Å². The van der Waals surface area contributed by atoms with Gasteiger partial charge in [-0.2, -0.15) is 0 Å². The number of hydrogen-bond acceptors (Lipinski definition) is 5. The first-order chi connectivity index (χ1) is 17.8. The molecule has 37 heavy (non-hydrogen) atoms. The summed E-state index contributed by atoms with van der Waals surface area (Å²) < 4.78 is 18.5. The minimum absolute atomic E-state index is 0.106. The lowest BCUT2D eigenvalue weighted by atomic mass is 9.95. The molecular formula is C29H28N2O5S. The molecule has 2 aliphatic rings. The smallest absolute Gasteiger partial charge is 0.331 e. The molecule has 3 aromatic carbocycles. The minimum Gasteiger partial charge on any atom is -0.451 e. The Bertz CT molecular complexity index is 1290. The summed E-state index contributed by atoms with van der Waals surface area (Å²) in [5, 5.41) is 1.95. The van der Waals surface area contributed by atoms with Crippen LogP contribution >= 0.6 is 0 Å². The van der Waals surface area contributed by atoms with Gasteiger partial charge in [0.2, 0.25) is 11.8 Å². The molecule has 1 unspecified atom stereocenters. The zero-order valence-corrected chi connectivity index (χ0v) is 21.4. The van der Waals surface area contributed by atoms with Crippen LogP contribution in [0.25, 0.3) is 0 Å². The van der Waals surface area contributed by atoms with Crippen molar-refractivity contribution in [3.8, 4) is 0 Å². The van der Waals surface area contributed by atoms with Crippen LogP contribution in [-0.2, 0) is 36.3 Å². The summed E-state index contributed by atoms with van der Waals surface area (Å²) in [5.74, 6) is -1.39. The fourth-order valence-electron chi connectivity index (χ4n) is 5.04. The zero-order chi connectivity index (χ0) is 26.2. The van der Waals surface area contributed by atoms with Crippen LogP contribution in [0.2, 0.25) is 0 Å². The van der Waals surface area contributed by atoms with Gasteiger partial charge in [-0.15, -0.1) is 0 Å². The number of ether oxygens (including phenoxy) is 1. The lowest BCUT2D eigenvalue weighted by Crippen LogP contribution is -2.71. The maximum absolute atomic E-state index is 13.6. The Morgan fingerprint density at radius 2 is 1.43 bits per heavy atom. The minimum atomic E-state index is -1.60. The highest BCUT2D eigenvalue weighted by atomic mass is 32.2. The van der Waals surface area contributed by atoms with Crippen molar-refractivity contribution in [3.63, 3.8) is 0 Å². The van der Waals surface area contributed by atoms with Gasteiger partial charge in [-0.3, -0.25) is 13.8 Å². The third kappa shape index (κ3) is 4.57. The number of esters is 1. The molecule has 2 heterocycles. The van der Waals surface area contributed by atoms with Gasteiger partial charge in [0.15, 0.2) is 6.10 Å². The van der Waals surface area contributed by atoms with Crippen LogP contribution in [-0.4, -0.2) is 49.1 Å². The van der Waals surface area contributed by atoms with Crippen LogP contribution < -0.4 is 5.32 Å². The van der Waals surface area contributed by atoms with Crippen LogP contribution in [0.3, 0.4) is 0 Å². The summed E-state index contributed by atoms with van der Waals surface area (Å²) in [6.45, 7) is 3.40. The zero-order valence-electron chi connectivity index (χ0n) is 20.6. The van der Waals surface area contributed by atoms with E-state index in [2.05, 4.69) is 5.32 Å². The summed E-state index contributed by atoms with van der Waals surface area (Å²) >= 11 is 0. The number of nitrogens with zero attached hydrogens (tertiary/aromatic N) is 1. The molecule has 190 valence electrons. The fourth-order valence-corrected chi connectivity index (χ4v) is 6.96. The maximum Gasteiger partial charge on any atom is 0.331 e. The molecule has 1 N–H and O–H groups in total. The number of benzene rings is 3. The molecule has 2 amide bonds. The monoisotopic (exact) mass is 516 g/mol. The summed E-state index contributed by atoms with van der Waals surface area (Å²) in [6, 6.07) is 25.9. The first kappa shape index (κ1) is 24.9. The maximum atomic E-state index is 13.6. The van der Waals surface area contributed by atoms with E-state index in [1.54, 1.807) is 13.8 Å². The molecule has 0 radical (unpaired) electrons. The van der Waals surface area contributed by atoms with E-state index in [1.807, 2.05) is 91.0 Å². The Kier molecular flexibility index (Phi) is 6.69. The van der Waals surface area contributed by atoms with E-state index in [9.17, 15) is 18.6 Å². The Morgan fingerprint density at radius 1 is 0.919 bits per heavy atom. The molecule has 0 aliphatic carbocycles. The number of nitrogens with one attached hydrogen (secondary N) is 1. The number of hydrogen-bond donors (Lipinski definition) is 1. The van der Waals surface area contributed by atoms with Crippen molar-refractivity contribution in [2.24, 2.45) is 0 Å². The van der Waals surface area contributed by atoms with E-state index in [0.717, 1.165) is 16.7 Å². The number of amides is 2. The number of rotatable bonds is 7. The van der Waals surface area contributed by atoms with Crippen LogP contribution in [0.4, 0.5) is 0 Å². The Balaban J connectivity index is 1.35. The normalized spacial score (nSPS) is 23.8. The topological polar surface area (TPSA) is 92.8 Å². The fraction of sp³-hybridized carbons (Fsp3) is 0.276. The number of carbonyl (C=O) groups excluding carboxylic acids is 3. The lowest BCUT2D eigenvalue weighted by molar-refractivity contribution is -0.166. The van der Waals surface area contributed by atoms with Crippen LogP contribution in [0.1, 0.15) is 36.6 Å². The molecule has 4 atom stereocenters. The van der Waals surface area contributed by atoms with E-state index in [-0.39, 0.29) is 12.3 Å². The van der Waals surface area contributed by atoms with Gasteiger partial charge >= 0.3 is 5.97 Å². The van der Waals surface area contributed by atoms with E-state index in [4.69, 9.17) is 4.74 Å². The number of β-lactam (4-membered cyclic amide) rings is 1. The molecule has 0 aromatic heterocycles. The molecule has 2 saturated heterocycles. The third-order valence-corrected chi connectivity index (χ3v) is 9.14. The molecule has 2 aliphatic heterocycles. The third-order valence-electron chi connectivity index (χ3n) is 6.94. The van der Waals surface area contributed by atoms with Gasteiger partial charge in [-0.1, -0.05) is 91.0 Å². The Labute approximate surface area is 218 Å². The number of carbonyl (C=O) groups is 3. The predicted octanol–water partition coefficient (Wildman–Crippen LogP) is 3.12. The van der Waals surface area contributed by atoms with E-state index in [0.29, 0.717) is 0 Å². The van der Waals surface area contributed by atoms with Crippen LogP contribution in [0.15, 0.2) is 91.0 Å². The van der Waals surface area contributed by atoms with Gasteiger partial charge < -0.3 is 15.0 Å². The largest absolute Gasteiger partial charge is 0.451 e. The average Bonchev–Trinajstić information content (AvgIpc) is 3.10. The first-order valence-electron chi connectivity index (χ1n) is 12.2. The van der Waals surface area contributed by atoms with Crippen molar-refractivity contribution in [2.45, 2.75) is 48.6 Å². The summed E-state index contributed by atoms with van der Waals surface area (Å²) in [6.07, 6.45) is -0.578. The Hall–Kier alpha value is -3.78. The van der Waals surface area contributed by atoms with Crippen LogP contribution in [0, 0.1) is 0 Å². The lowest BCUT2D eigenvalue weighted by Gasteiger charge is -2.43. The SMILES string of the molecule is CC1(C)[C@@H](C(=O)OC(c2ccccc2)c2ccccc2)N2C(=O)[C@@H](NC(=O)Cc3ccccc3)[C@H]2S1=O. The molecule has 3 aromatic rings. The second-order valence-corrected chi connectivity index (χ2v) is 11.9. The molecule has 7 nitrogen and oxygen atoms in total. The predicted molar refractivity (Wildman–Crippen MR) is 140 cm³/mol. The summed E-state index contributed by atoms with van der Waals surface area (Å²) in [4.78, 5) is 40.8. The average molecular weight is 517 g/mol. The van der Waals surface area contributed by atoms with Crippen molar-refractivity contribution in [3.05, 3.63) is 108 Å². The first-order valence-corrected chi connectivity index (χ1v) is 13.4. The molecule has 0 bridgehead atoms. The van der Waals surface area contributed by atoms with Gasteiger partial charge in [0.1, 0.15) is 17.5 Å². The standard InChI is InChI=1S/C29H28N2O5S/c1-29(2)25(28(34)36-24(20-14-8-4-9-15-20)21-16-10-5-11-17-21)31-26(33)23(27(31)37(29)35)30-22(32)18-19-12-6-3-7-13-19/h3-17,23-25,27H,18H2,1-2H3,(H,30,32)/t23-,25-,27-,37?/m1/s1. The van der Waals surface area contributed by atoms with Gasteiger partial charge in [0, 0.05) is 0 Å². The van der Waals surface area contributed by atoms with Crippen molar-refractivity contribution in [2.75, 3.05) is 0 Å². The van der Waals surface area contributed by atoms with E-state index < -0.39 is 51.0 Å². The van der Waals surface area contributed by atoms with Gasteiger partial charge in [0.05, 0.1) is 22.0 Å². The Morgan fingerprint density at radius 3 is 1.97 bits per heavy atom.